The first-order chi connectivity index (χ1) is 13.1. The van der Waals surface area contributed by atoms with Crippen molar-refractivity contribution in [3.05, 3.63) is 60.2 Å². The van der Waals surface area contributed by atoms with Crippen molar-refractivity contribution < 1.29 is 14.6 Å². The summed E-state index contributed by atoms with van der Waals surface area (Å²) in [5.41, 5.74) is 1.94. The molecular formula is C22H30Cl2N2O3. The summed E-state index contributed by atoms with van der Waals surface area (Å²) in [5, 5.41) is 10.2. The summed E-state index contributed by atoms with van der Waals surface area (Å²) < 4.78 is 5.63. The standard InChI is InChI=1S/C22H28N2O3.2ClH/c1-18(25)19-7-9-22(10-8-19)27-17-21(26)11-12-23-13-15-24(16-14-23)20-5-3-2-4-6-20;;/h2-10,21,26H,11-17H2,1H3;2*1H. The largest absolute Gasteiger partial charge is 0.491 e. The van der Waals surface area contributed by atoms with Crippen molar-refractivity contribution in [1.82, 2.24) is 4.90 Å². The van der Waals surface area contributed by atoms with Crippen molar-refractivity contribution in [2.45, 2.75) is 19.4 Å². The molecular weight excluding hydrogens is 411 g/mol. The first kappa shape index (κ1) is 25.2. The minimum Gasteiger partial charge on any atom is -0.491 e. The second-order valence-corrected chi connectivity index (χ2v) is 7.00. The molecule has 1 saturated heterocycles. The topological polar surface area (TPSA) is 53.0 Å². The summed E-state index contributed by atoms with van der Waals surface area (Å²) in [7, 11) is 0. The van der Waals surface area contributed by atoms with Crippen LogP contribution in [-0.4, -0.2) is 61.2 Å². The Morgan fingerprint density at radius 3 is 2.21 bits per heavy atom. The van der Waals surface area contributed by atoms with Crippen molar-refractivity contribution in [2.24, 2.45) is 0 Å². The number of Topliss-reactive ketones (excluding diaryl/α,β-unsaturated/α-hetero) is 1. The summed E-state index contributed by atoms with van der Waals surface area (Å²) in [4.78, 5) is 16.1. The molecule has 2 aromatic rings. The fourth-order valence-corrected chi connectivity index (χ4v) is 3.26. The van der Waals surface area contributed by atoms with Crippen molar-refractivity contribution >= 4 is 36.3 Å². The highest BCUT2D eigenvalue weighted by molar-refractivity contribution is 5.94. The molecule has 0 spiro atoms. The van der Waals surface area contributed by atoms with Gasteiger partial charge in [0.15, 0.2) is 5.78 Å². The molecule has 5 nitrogen and oxygen atoms in total. The second-order valence-electron chi connectivity index (χ2n) is 7.00. The van der Waals surface area contributed by atoms with E-state index >= 15 is 0 Å². The number of halogens is 2. The number of rotatable bonds is 8. The highest BCUT2D eigenvalue weighted by Crippen LogP contribution is 2.16. The van der Waals surface area contributed by atoms with E-state index in [9.17, 15) is 9.90 Å². The fourth-order valence-electron chi connectivity index (χ4n) is 3.26. The van der Waals surface area contributed by atoms with Gasteiger partial charge in [0, 0.05) is 44.0 Å². The molecule has 0 saturated carbocycles. The lowest BCUT2D eigenvalue weighted by Gasteiger charge is -2.36. The minimum atomic E-state index is -0.496. The van der Waals surface area contributed by atoms with E-state index in [0.29, 0.717) is 17.7 Å². The van der Waals surface area contributed by atoms with Gasteiger partial charge in [0.05, 0.1) is 6.10 Å². The second kappa shape index (κ2) is 12.7. The van der Waals surface area contributed by atoms with E-state index in [1.54, 1.807) is 31.2 Å². The predicted octanol–water partition coefficient (Wildman–Crippen LogP) is 3.68. The number of para-hydroxylation sites is 1. The molecule has 1 unspecified atom stereocenters. The molecule has 1 atom stereocenters. The van der Waals surface area contributed by atoms with Crippen molar-refractivity contribution in [1.29, 1.82) is 0 Å². The number of benzene rings is 2. The van der Waals surface area contributed by atoms with E-state index in [-0.39, 0.29) is 37.2 Å². The van der Waals surface area contributed by atoms with Crippen LogP contribution in [0.5, 0.6) is 5.75 Å². The number of hydrogen-bond acceptors (Lipinski definition) is 5. The van der Waals surface area contributed by atoms with Crippen LogP contribution in [0.4, 0.5) is 5.69 Å². The van der Waals surface area contributed by atoms with E-state index in [0.717, 1.165) is 32.7 Å². The summed E-state index contributed by atoms with van der Waals surface area (Å²) in [6.07, 6.45) is 0.196. The lowest BCUT2D eigenvalue weighted by Crippen LogP contribution is -2.47. The molecule has 1 aliphatic heterocycles. The van der Waals surface area contributed by atoms with E-state index in [1.165, 1.54) is 5.69 Å². The molecule has 29 heavy (non-hydrogen) atoms. The Labute approximate surface area is 185 Å². The van der Waals surface area contributed by atoms with E-state index in [1.807, 2.05) is 6.07 Å². The molecule has 3 rings (SSSR count). The molecule has 0 radical (unpaired) electrons. The molecule has 7 heteroatoms. The average molecular weight is 441 g/mol. The predicted molar refractivity (Wildman–Crippen MR) is 122 cm³/mol. The molecule has 0 aromatic heterocycles. The maximum atomic E-state index is 11.3. The molecule has 1 heterocycles. The van der Waals surface area contributed by atoms with Gasteiger partial charge < -0.3 is 14.7 Å². The molecule has 1 fully saturated rings. The Hall–Kier alpha value is -1.79. The number of nitrogens with zero attached hydrogens (tertiary/aromatic N) is 2. The quantitative estimate of drug-likeness (QED) is 0.634. The number of carbonyl (C=O) groups is 1. The van der Waals surface area contributed by atoms with Gasteiger partial charge >= 0.3 is 0 Å². The monoisotopic (exact) mass is 440 g/mol. The Bertz CT molecular complexity index is 721. The lowest BCUT2D eigenvalue weighted by atomic mass is 10.1. The van der Waals surface area contributed by atoms with Crippen LogP contribution in [0.2, 0.25) is 0 Å². The molecule has 0 bridgehead atoms. The number of hydrogen-bond donors (Lipinski definition) is 1. The first-order valence-corrected chi connectivity index (χ1v) is 9.56. The Balaban J connectivity index is 0.00000210. The van der Waals surface area contributed by atoms with Gasteiger partial charge in [-0.05, 0) is 49.7 Å². The van der Waals surface area contributed by atoms with Crippen LogP contribution in [0.1, 0.15) is 23.7 Å². The third-order valence-electron chi connectivity index (χ3n) is 4.98. The van der Waals surface area contributed by atoms with Crippen LogP contribution in [0, 0.1) is 0 Å². The first-order valence-electron chi connectivity index (χ1n) is 9.56. The van der Waals surface area contributed by atoms with Gasteiger partial charge in [-0.25, -0.2) is 0 Å². The van der Waals surface area contributed by atoms with Gasteiger partial charge in [-0.3, -0.25) is 9.69 Å². The van der Waals surface area contributed by atoms with Gasteiger partial charge in [0.2, 0.25) is 0 Å². The Kier molecular flexibility index (Phi) is 11.1. The SMILES string of the molecule is CC(=O)c1ccc(OCC(O)CCN2CCN(c3ccccc3)CC2)cc1.Cl.Cl. The molecule has 2 aromatic carbocycles. The normalized spacial score (nSPS) is 15.0. The van der Waals surface area contributed by atoms with Crippen LogP contribution < -0.4 is 9.64 Å². The minimum absolute atomic E-state index is 0. The number of carbonyl (C=O) groups excluding carboxylic acids is 1. The zero-order chi connectivity index (χ0) is 19.1. The van der Waals surface area contributed by atoms with Crippen LogP contribution in [0.15, 0.2) is 54.6 Å². The van der Waals surface area contributed by atoms with Gasteiger partial charge in [-0.1, -0.05) is 18.2 Å². The summed E-state index contributed by atoms with van der Waals surface area (Å²) in [6, 6.07) is 17.5. The van der Waals surface area contributed by atoms with Gasteiger partial charge in [0.25, 0.3) is 0 Å². The fraction of sp³-hybridized carbons (Fsp3) is 0.409. The highest BCUT2D eigenvalue weighted by atomic mass is 35.5. The third-order valence-corrected chi connectivity index (χ3v) is 4.98. The molecule has 1 N–H and O–H groups in total. The van der Waals surface area contributed by atoms with E-state index in [2.05, 4.69) is 34.1 Å². The smallest absolute Gasteiger partial charge is 0.159 e. The van der Waals surface area contributed by atoms with Crippen LogP contribution in [0.25, 0.3) is 0 Å². The molecule has 160 valence electrons. The van der Waals surface area contributed by atoms with Gasteiger partial charge in [-0.15, -0.1) is 24.8 Å². The van der Waals surface area contributed by atoms with Crippen LogP contribution in [-0.2, 0) is 0 Å². The summed E-state index contributed by atoms with van der Waals surface area (Å²) in [6.45, 7) is 6.72. The van der Waals surface area contributed by atoms with Crippen molar-refractivity contribution in [2.75, 3.05) is 44.2 Å². The number of aliphatic hydroxyl groups is 1. The van der Waals surface area contributed by atoms with Crippen molar-refractivity contribution in [3.63, 3.8) is 0 Å². The zero-order valence-electron chi connectivity index (χ0n) is 16.7. The number of anilines is 1. The lowest BCUT2D eigenvalue weighted by molar-refractivity contribution is 0.0866. The van der Waals surface area contributed by atoms with E-state index < -0.39 is 6.10 Å². The van der Waals surface area contributed by atoms with Gasteiger partial charge in [-0.2, -0.15) is 0 Å². The maximum absolute atomic E-state index is 11.3. The molecule has 1 aliphatic rings. The molecule has 0 amide bonds. The summed E-state index contributed by atoms with van der Waals surface area (Å²) in [5.74, 6) is 0.712. The van der Waals surface area contributed by atoms with E-state index in [4.69, 9.17) is 4.74 Å². The summed E-state index contributed by atoms with van der Waals surface area (Å²) >= 11 is 0. The van der Waals surface area contributed by atoms with Crippen molar-refractivity contribution in [3.8, 4) is 5.75 Å². The third kappa shape index (κ3) is 7.86. The number of ketones is 1. The number of ether oxygens (including phenoxy) is 1. The average Bonchev–Trinajstić information content (AvgIpc) is 2.72. The zero-order valence-corrected chi connectivity index (χ0v) is 18.3. The molecule has 0 aliphatic carbocycles. The number of piperazine rings is 1. The number of aliphatic hydroxyl groups excluding tert-OH is 1. The Morgan fingerprint density at radius 1 is 1.00 bits per heavy atom. The Morgan fingerprint density at radius 2 is 1.62 bits per heavy atom. The van der Waals surface area contributed by atoms with Gasteiger partial charge in [0.1, 0.15) is 12.4 Å². The maximum Gasteiger partial charge on any atom is 0.159 e. The highest BCUT2D eigenvalue weighted by Gasteiger charge is 2.18. The van der Waals surface area contributed by atoms with Crippen LogP contribution in [0.3, 0.4) is 0 Å². The van der Waals surface area contributed by atoms with Crippen LogP contribution >= 0.6 is 24.8 Å².